The lowest BCUT2D eigenvalue weighted by molar-refractivity contribution is 0.905. The number of alkyl halides is 1. The second-order valence-electron chi connectivity index (χ2n) is 1.53. The Morgan fingerprint density at radius 3 is 3.00 bits per heavy atom. The molecule has 0 spiro atoms. The van der Waals surface area contributed by atoms with Crippen molar-refractivity contribution in [1.29, 1.82) is 0 Å². The van der Waals surface area contributed by atoms with E-state index in [-0.39, 0.29) is 6.04 Å². The first-order valence-corrected chi connectivity index (χ1v) is 2.97. The molecule has 1 aliphatic rings. The molecule has 1 atom stereocenters. The summed E-state index contributed by atoms with van der Waals surface area (Å²) in [5.41, 5.74) is 0. The van der Waals surface area contributed by atoms with Crippen LogP contribution in [-0.2, 0) is 0 Å². The summed E-state index contributed by atoms with van der Waals surface area (Å²) in [6, 6.07) is 0.179. The predicted octanol–water partition coefficient (Wildman–Crippen LogP) is 0.739. The molecule has 1 N–H and O–H groups in total. The van der Waals surface area contributed by atoms with Gasteiger partial charge in [0.1, 0.15) is 0 Å². The number of rotatable bonds is 1. The van der Waals surface area contributed by atoms with Crippen LogP contribution in [0.1, 0.15) is 0 Å². The highest BCUT2D eigenvalue weighted by molar-refractivity contribution is 6.18. The summed E-state index contributed by atoms with van der Waals surface area (Å²) >= 11 is 5.49. The van der Waals surface area contributed by atoms with E-state index in [1.807, 2.05) is 12.3 Å². The van der Waals surface area contributed by atoms with Crippen molar-refractivity contribution in [3.63, 3.8) is 0 Å². The monoisotopic (exact) mass is 130 g/mol. The molecule has 8 heavy (non-hydrogen) atoms. The van der Waals surface area contributed by atoms with Gasteiger partial charge in [-0.2, -0.15) is 0 Å². The second kappa shape index (κ2) is 2.72. The van der Waals surface area contributed by atoms with Crippen LogP contribution >= 0.6 is 11.6 Å². The van der Waals surface area contributed by atoms with E-state index in [1.165, 1.54) is 0 Å². The third-order valence-corrected chi connectivity index (χ3v) is 1.23. The van der Waals surface area contributed by atoms with Crippen LogP contribution in [0.25, 0.3) is 0 Å². The number of halogens is 1. The Morgan fingerprint density at radius 2 is 2.62 bits per heavy atom. The minimum atomic E-state index is 0.179. The zero-order chi connectivity index (χ0) is 5.82. The minimum absolute atomic E-state index is 0.179. The minimum Gasteiger partial charge on any atom is -0.353 e. The molecule has 1 heterocycles. The number of nitrogens with one attached hydrogen (secondary N) is 1. The topological polar surface area (TPSA) is 24.4 Å². The Morgan fingerprint density at radius 1 is 1.75 bits per heavy atom. The maximum absolute atomic E-state index is 5.49. The average Bonchev–Trinajstić information content (AvgIpc) is 1.90. The van der Waals surface area contributed by atoms with Gasteiger partial charge in [-0.3, -0.25) is 4.99 Å². The van der Waals surface area contributed by atoms with Crippen LogP contribution in [0.2, 0.25) is 0 Å². The molecule has 0 saturated heterocycles. The average molecular weight is 131 g/mol. The Bertz CT molecular complexity index is 108. The Balaban J connectivity index is 2.42. The summed E-state index contributed by atoms with van der Waals surface area (Å²) in [6.45, 7) is 0. The fraction of sp³-hybridized carbons (Fsp3) is 0.400. The van der Waals surface area contributed by atoms with E-state index in [2.05, 4.69) is 10.3 Å². The molecule has 0 aromatic carbocycles. The van der Waals surface area contributed by atoms with E-state index >= 15 is 0 Å². The van der Waals surface area contributed by atoms with Crippen LogP contribution in [0.3, 0.4) is 0 Å². The first-order chi connectivity index (χ1) is 3.93. The van der Waals surface area contributed by atoms with Crippen molar-refractivity contribution in [2.45, 2.75) is 6.04 Å². The van der Waals surface area contributed by atoms with E-state index < -0.39 is 0 Å². The number of hydrogen-bond acceptors (Lipinski definition) is 2. The van der Waals surface area contributed by atoms with Crippen molar-refractivity contribution in [1.82, 2.24) is 5.32 Å². The lowest BCUT2D eigenvalue weighted by Crippen LogP contribution is -2.14. The molecule has 44 valence electrons. The van der Waals surface area contributed by atoms with Gasteiger partial charge >= 0.3 is 0 Å². The van der Waals surface area contributed by atoms with Crippen LogP contribution in [0, 0.1) is 0 Å². The highest BCUT2D eigenvalue weighted by atomic mass is 35.5. The fourth-order valence-corrected chi connectivity index (χ4v) is 0.672. The summed E-state index contributed by atoms with van der Waals surface area (Å²) in [6.07, 6.45) is 5.40. The Labute approximate surface area is 53.3 Å². The maximum atomic E-state index is 5.49. The van der Waals surface area contributed by atoms with Gasteiger partial charge < -0.3 is 5.32 Å². The SMILES string of the molecule is ClCC1C=CNC=N1. The normalized spacial score (nSPS) is 25.4. The van der Waals surface area contributed by atoms with E-state index in [9.17, 15) is 0 Å². The largest absolute Gasteiger partial charge is 0.353 e. The second-order valence-corrected chi connectivity index (χ2v) is 1.83. The van der Waals surface area contributed by atoms with Gasteiger partial charge in [0, 0.05) is 12.1 Å². The van der Waals surface area contributed by atoms with Gasteiger partial charge in [-0.15, -0.1) is 11.6 Å². The van der Waals surface area contributed by atoms with Crippen LogP contribution < -0.4 is 5.32 Å². The first kappa shape index (κ1) is 5.63. The van der Waals surface area contributed by atoms with Crippen LogP contribution in [0.4, 0.5) is 0 Å². The van der Waals surface area contributed by atoms with E-state index in [1.54, 1.807) is 6.34 Å². The van der Waals surface area contributed by atoms with Gasteiger partial charge in [0.2, 0.25) is 0 Å². The van der Waals surface area contributed by atoms with Gasteiger partial charge in [0.25, 0.3) is 0 Å². The summed E-state index contributed by atoms with van der Waals surface area (Å²) in [4.78, 5) is 3.99. The van der Waals surface area contributed by atoms with E-state index in [4.69, 9.17) is 11.6 Å². The molecule has 0 amide bonds. The van der Waals surface area contributed by atoms with Crippen molar-refractivity contribution >= 4 is 17.9 Å². The van der Waals surface area contributed by atoms with Crippen LogP contribution in [0.15, 0.2) is 17.3 Å². The van der Waals surface area contributed by atoms with Crippen molar-refractivity contribution in [2.24, 2.45) is 4.99 Å². The third kappa shape index (κ3) is 1.23. The Hall–Kier alpha value is -0.500. The van der Waals surface area contributed by atoms with Gasteiger partial charge in [-0.25, -0.2) is 0 Å². The number of hydrogen-bond donors (Lipinski definition) is 1. The molecule has 1 rings (SSSR count). The molecule has 1 aliphatic heterocycles. The molecule has 0 aromatic heterocycles. The lowest BCUT2D eigenvalue weighted by atomic mass is 10.3. The zero-order valence-electron chi connectivity index (χ0n) is 4.34. The van der Waals surface area contributed by atoms with Gasteiger partial charge in [-0.05, 0) is 6.08 Å². The van der Waals surface area contributed by atoms with Gasteiger partial charge in [0.15, 0.2) is 0 Å². The standard InChI is InChI=1S/C5H7ClN2/c6-3-5-1-2-7-4-8-5/h1-2,4-5H,3H2,(H,7,8). The molecule has 0 bridgehead atoms. The zero-order valence-corrected chi connectivity index (χ0v) is 5.10. The first-order valence-electron chi connectivity index (χ1n) is 2.44. The molecule has 0 aromatic rings. The number of aliphatic imine (C=N–C) groups is 1. The van der Waals surface area contributed by atoms with Crippen LogP contribution in [0.5, 0.6) is 0 Å². The molecular weight excluding hydrogens is 124 g/mol. The van der Waals surface area contributed by atoms with Crippen LogP contribution in [-0.4, -0.2) is 18.3 Å². The smallest absolute Gasteiger partial charge is 0.0871 e. The highest BCUT2D eigenvalue weighted by Gasteiger charge is 1.98. The summed E-state index contributed by atoms with van der Waals surface area (Å²) in [5, 5.41) is 2.82. The lowest BCUT2D eigenvalue weighted by Gasteiger charge is -2.05. The molecule has 2 nitrogen and oxygen atoms in total. The summed E-state index contributed by atoms with van der Waals surface area (Å²) in [7, 11) is 0. The predicted molar refractivity (Wildman–Crippen MR) is 35.3 cm³/mol. The fourth-order valence-electron chi connectivity index (χ4n) is 0.489. The van der Waals surface area contributed by atoms with E-state index in [0.717, 1.165) is 0 Å². The molecule has 3 heteroatoms. The van der Waals surface area contributed by atoms with Crippen molar-refractivity contribution in [3.8, 4) is 0 Å². The molecule has 1 unspecified atom stereocenters. The third-order valence-electron chi connectivity index (χ3n) is 0.913. The molecule has 0 radical (unpaired) electrons. The Kier molecular flexibility index (Phi) is 1.92. The maximum Gasteiger partial charge on any atom is 0.0871 e. The van der Waals surface area contributed by atoms with Gasteiger partial charge in [-0.1, -0.05) is 0 Å². The van der Waals surface area contributed by atoms with Crippen molar-refractivity contribution < 1.29 is 0 Å². The van der Waals surface area contributed by atoms with Crippen molar-refractivity contribution in [2.75, 3.05) is 5.88 Å². The molecular formula is C5H7ClN2. The molecule has 0 fully saturated rings. The molecule has 0 saturated carbocycles. The number of nitrogens with zero attached hydrogens (tertiary/aromatic N) is 1. The molecule has 0 aliphatic carbocycles. The quantitative estimate of drug-likeness (QED) is 0.521. The van der Waals surface area contributed by atoms with E-state index in [0.29, 0.717) is 5.88 Å². The highest BCUT2D eigenvalue weighted by Crippen LogP contribution is 1.96. The van der Waals surface area contributed by atoms with Crippen molar-refractivity contribution in [3.05, 3.63) is 12.3 Å². The summed E-state index contributed by atoms with van der Waals surface area (Å²) < 4.78 is 0. The van der Waals surface area contributed by atoms with Gasteiger partial charge in [0.05, 0.1) is 12.4 Å². The summed E-state index contributed by atoms with van der Waals surface area (Å²) in [5.74, 6) is 0.564.